The Morgan fingerprint density at radius 3 is 2.73 bits per heavy atom. The molecular weight excluding hydrogens is 188 g/mol. The first-order chi connectivity index (χ1) is 7.36. The highest BCUT2D eigenvalue weighted by Gasteiger charge is 2.14. The molecule has 0 saturated heterocycles. The third kappa shape index (κ3) is 5.15. The van der Waals surface area contributed by atoms with E-state index in [4.69, 9.17) is 10.00 Å². The van der Waals surface area contributed by atoms with E-state index in [-0.39, 0.29) is 6.04 Å². The summed E-state index contributed by atoms with van der Waals surface area (Å²) in [5.41, 5.74) is 0. The van der Waals surface area contributed by atoms with Crippen LogP contribution in [0.5, 0.6) is 0 Å². The van der Waals surface area contributed by atoms with Crippen LogP contribution in [0, 0.1) is 17.2 Å². The molecule has 1 fully saturated rings. The molecule has 1 N–H and O–H groups in total. The van der Waals surface area contributed by atoms with E-state index in [1.807, 2.05) is 6.92 Å². The predicted octanol–water partition coefficient (Wildman–Crippen LogP) is 2.08. The van der Waals surface area contributed by atoms with Crippen LogP contribution in [0.3, 0.4) is 0 Å². The molecule has 1 unspecified atom stereocenters. The molecular formula is C12H22N2O. The van der Waals surface area contributed by atoms with Crippen molar-refractivity contribution in [3.8, 4) is 6.07 Å². The molecule has 1 aliphatic carbocycles. The van der Waals surface area contributed by atoms with Gasteiger partial charge in [-0.3, -0.25) is 0 Å². The molecule has 0 aliphatic heterocycles. The topological polar surface area (TPSA) is 45.0 Å². The smallest absolute Gasteiger partial charge is 0.119 e. The fraction of sp³-hybridized carbons (Fsp3) is 0.917. The van der Waals surface area contributed by atoms with E-state index >= 15 is 0 Å². The van der Waals surface area contributed by atoms with Crippen molar-refractivity contribution in [2.24, 2.45) is 5.92 Å². The molecule has 1 aliphatic rings. The maximum absolute atomic E-state index is 8.80. The minimum Gasteiger partial charge on any atom is -0.378 e. The highest BCUT2D eigenvalue weighted by Crippen LogP contribution is 2.23. The number of likely N-dealkylation sites (N-methyl/N-ethyl adjacent to an activating group) is 1. The Kier molecular flexibility index (Phi) is 6.38. The largest absolute Gasteiger partial charge is 0.378 e. The van der Waals surface area contributed by atoms with Crippen LogP contribution in [0.25, 0.3) is 0 Å². The van der Waals surface area contributed by atoms with Crippen LogP contribution in [-0.4, -0.2) is 25.8 Å². The molecule has 0 amide bonds. The van der Waals surface area contributed by atoms with Gasteiger partial charge in [0.05, 0.1) is 12.7 Å². The average molecular weight is 210 g/mol. The van der Waals surface area contributed by atoms with Crippen LogP contribution >= 0.6 is 0 Å². The van der Waals surface area contributed by atoms with Crippen molar-refractivity contribution in [3.05, 3.63) is 0 Å². The molecule has 0 bridgehead atoms. The summed E-state index contributed by atoms with van der Waals surface area (Å²) in [5, 5.41) is 11.9. The molecule has 1 saturated carbocycles. The molecule has 3 nitrogen and oxygen atoms in total. The lowest BCUT2D eigenvalue weighted by molar-refractivity contribution is 0.0781. The Labute approximate surface area is 92.8 Å². The Morgan fingerprint density at radius 2 is 2.13 bits per heavy atom. The summed E-state index contributed by atoms with van der Waals surface area (Å²) in [7, 11) is 0. The number of nitrogens with one attached hydrogen (secondary N) is 1. The van der Waals surface area contributed by atoms with Crippen molar-refractivity contribution in [2.75, 3.05) is 19.8 Å². The van der Waals surface area contributed by atoms with Gasteiger partial charge in [0.25, 0.3) is 0 Å². The molecule has 3 heteroatoms. The van der Waals surface area contributed by atoms with Crippen molar-refractivity contribution in [1.82, 2.24) is 5.32 Å². The van der Waals surface area contributed by atoms with Gasteiger partial charge in [0, 0.05) is 6.61 Å². The van der Waals surface area contributed by atoms with E-state index in [1.165, 1.54) is 32.1 Å². The van der Waals surface area contributed by atoms with E-state index in [9.17, 15) is 0 Å². The predicted molar refractivity (Wildman–Crippen MR) is 60.5 cm³/mol. The van der Waals surface area contributed by atoms with E-state index < -0.39 is 0 Å². The van der Waals surface area contributed by atoms with E-state index in [1.54, 1.807) is 0 Å². The monoisotopic (exact) mass is 210 g/mol. The Morgan fingerprint density at radius 1 is 1.40 bits per heavy atom. The fourth-order valence-corrected chi connectivity index (χ4v) is 2.09. The zero-order valence-electron chi connectivity index (χ0n) is 9.67. The second kappa shape index (κ2) is 7.67. The van der Waals surface area contributed by atoms with Crippen molar-refractivity contribution < 1.29 is 4.74 Å². The molecule has 0 spiro atoms. The number of hydrogen-bond donors (Lipinski definition) is 1. The van der Waals surface area contributed by atoms with Gasteiger partial charge in [-0.05, 0) is 25.3 Å². The minimum atomic E-state index is -0.140. The van der Waals surface area contributed by atoms with Gasteiger partial charge in [0.2, 0.25) is 0 Å². The Hall–Kier alpha value is -0.590. The van der Waals surface area contributed by atoms with Crippen LogP contribution in [0.2, 0.25) is 0 Å². The van der Waals surface area contributed by atoms with Gasteiger partial charge in [-0.25, -0.2) is 0 Å². The number of nitriles is 1. The number of nitrogens with zero attached hydrogens (tertiary/aromatic N) is 1. The van der Waals surface area contributed by atoms with Crippen molar-refractivity contribution in [1.29, 1.82) is 5.26 Å². The SMILES string of the molecule is CCNC(C#N)COCC1CCCCC1. The Bertz CT molecular complexity index is 194. The summed E-state index contributed by atoms with van der Waals surface area (Å²) >= 11 is 0. The van der Waals surface area contributed by atoms with E-state index in [0.29, 0.717) is 6.61 Å². The van der Waals surface area contributed by atoms with Gasteiger partial charge in [-0.1, -0.05) is 26.2 Å². The van der Waals surface area contributed by atoms with Crippen LogP contribution in [-0.2, 0) is 4.74 Å². The number of ether oxygens (including phenoxy) is 1. The van der Waals surface area contributed by atoms with Crippen molar-refractivity contribution in [2.45, 2.75) is 45.1 Å². The highest BCUT2D eigenvalue weighted by molar-refractivity contribution is 4.89. The van der Waals surface area contributed by atoms with E-state index in [2.05, 4.69) is 11.4 Å². The van der Waals surface area contributed by atoms with Gasteiger partial charge >= 0.3 is 0 Å². The highest BCUT2D eigenvalue weighted by atomic mass is 16.5. The lowest BCUT2D eigenvalue weighted by Gasteiger charge is -2.21. The normalized spacial score (nSPS) is 19.7. The van der Waals surface area contributed by atoms with Crippen LogP contribution < -0.4 is 5.32 Å². The molecule has 0 heterocycles. The zero-order chi connectivity index (χ0) is 10.9. The summed E-state index contributed by atoms with van der Waals surface area (Å²) in [6.45, 7) is 4.20. The van der Waals surface area contributed by atoms with Crippen molar-refractivity contribution in [3.63, 3.8) is 0 Å². The summed E-state index contributed by atoms with van der Waals surface area (Å²) in [4.78, 5) is 0. The quantitative estimate of drug-likeness (QED) is 0.730. The van der Waals surface area contributed by atoms with E-state index in [0.717, 1.165) is 19.1 Å². The summed E-state index contributed by atoms with van der Waals surface area (Å²) in [6, 6.07) is 2.06. The molecule has 1 rings (SSSR count). The average Bonchev–Trinajstić information content (AvgIpc) is 2.29. The second-order valence-electron chi connectivity index (χ2n) is 4.28. The molecule has 15 heavy (non-hydrogen) atoms. The van der Waals surface area contributed by atoms with Gasteiger partial charge in [-0.2, -0.15) is 5.26 Å². The lowest BCUT2D eigenvalue weighted by Crippen LogP contribution is -2.32. The lowest BCUT2D eigenvalue weighted by atomic mass is 9.90. The molecule has 1 atom stereocenters. The number of rotatable bonds is 6. The summed E-state index contributed by atoms with van der Waals surface area (Å²) in [5.74, 6) is 0.736. The summed E-state index contributed by atoms with van der Waals surface area (Å²) in [6.07, 6.45) is 6.69. The van der Waals surface area contributed by atoms with Crippen LogP contribution in [0.15, 0.2) is 0 Å². The van der Waals surface area contributed by atoms with Gasteiger partial charge in [0.1, 0.15) is 6.04 Å². The molecule has 0 aromatic carbocycles. The van der Waals surface area contributed by atoms with Crippen LogP contribution in [0.4, 0.5) is 0 Å². The first kappa shape index (κ1) is 12.5. The first-order valence-corrected chi connectivity index (χ1v) is 6.07. The molecule has 0 radical (unpaired) electrons. The zero-order valence-corrected chi connectivity index (χ0v) is 9.67. The maximum Gasteiger partial charge on any atom is 0.119 e. The fourth-order valence-electron chi connectivity index (χ4n) is 2.09. The second-order valence-corrected chi connectivity index (χ2v) is 4.28. The van der Waals surface area contributed by atoms with Gasteiger partial charge in [0.15, 0.2) is 0 Å². The maximum atomic E-state index is 8.80. The Balaban J connectivity index is 2.06. The molecule has 0 aromatic heterocycles. The minimum absolute atomic E-state index is 0.140. The number of hydrogen-bond acceptors (Lipinski definition) is 3. The standard InChI is InChI=1S/C12H22N2O/c1-2-14-12(8-13)10-15-9-11-6-4-3-5-7-11/h11-12,14H,2-7,9-10H2,1H3. The van der Waals surface area contributed by atoms with Gasteiger partial charge in [-0.15, -0.1) is 0 Å². The molecule has 0 aromatic rings. The van der Waals surface area contributed by atoms with Crippen molar-refractivity contribution >= 4 is 0 Å². The third-order valence-corrected chi connectivity index (χ3v) is 2.97. The summed E-state index contributed by atoms with van der Waals surface area (Å²) < 4.78 is 5.59. The third-order valence-electron chi connectivity index (χ3n) is 2.97. The first-order valence-electron chi connectivity index (χ1n) is 6.07. The van der Waals surface area contributed by atoms with Crippen LogP contribution in [0.1, 0.15) is 39.0 Å². The van der Waals surface area contributed by atoms with Gasteiger partial charge < -0.3 is 10.1 Å². The molecule has 86 valence electrons.